The second-order valence-corrected chi connectivity index (χ2v) is 8.40. The Balaban J connectivity index is 1.83. The second kappa shape index (κ2) is 5.45. The molecular weight excluding hydrogens is 368 g/mol. The highest BCUT2D eigenvalue weighted by Gasteiger charge is 2.32. The molecule has 3 heterocycles. The van der Waals surface area contributed by atoms with Crippen LogP contribution < -0.4 is 4.90 Å². The van der Waals surface area contributed by atoms with E-state index in [-0.39, 0.29) is 0 Å². The van der Waals surface area contributed by atoms with Crippen molar-refractivity contribution in [3.8, 4) is 5.69 Å². The summed E-state index contributed by atoms with van der Waals surface area (Å²) in [6.45, 7) is 4.50. The molecule has 0 radical (unpaired) electrons. The van der Waals surface area contributed by atoms with Crippen LogP contribution in [0.3, 0.4) is 0 Å². The third-order valence-corrected chi connectivity index (χ3v) is 6.42. The first kappa shape index (κ1) is 16.1. The van der Waals surface area contributed by atoms with Crippen LogP contribution in [0.2, 0.25) is 0 Å². The Hall–Kier alpha value is -3.72. The van der Waals surface area contributed by atoms with Crippen LogP contribution in [0.1, 0.15) is 13.8 Å². The van der Waals surface area contributed by atoms with Gasteiger partial charge in [-0.05, 0) is 44.2 Å². The normalized spacial score (nSPS) is 13.2. The van der Waals surface area contributed by atoms with Crippen LogP contribution >= 0.6 is 0 Å². The maximum Gasteiger partial charge on any atom is 0.161 e. The van der Waals surface area contributed by atoms with Crippen LogP contribution in [0, 0.1) is 0 Å². The Labute approximate surface area is 173 Å². The highest BCUT2D eigenvalue weighted by Crippen LogP contribution is 2.51. The lowest BCUT2D eigenvalue weighted by Gasteiger charge is -2.35. The molecule has 4 aromatic carbocycles. The minimum atomic E-state index is 0.292. The van der Waals surface area contributed by atoms with Gasteiger partial charge < -0.3 is 13.9 Å². The van der Waals surface area contributed by atoms with Gasteiger partial charge in [-0.2, -0.15) is 0 Å². The molecule has 0 fully saturated rings. The van der Waals surface area contributed by atoms with Gasteiger partial charge in [0.15, 0.2) is 5.58 Å². The van der Waals surface area contributed by atoms with E-state index in [9.17, 15) is 0 Å². The summed E-state index contributed by atoms with van der Waals surface area (Å²) in [6, 6.07) is 28.4. The molecule has 3 heteroatoms. The number of hydrogen-bond acceptors (Lipinski definition) is 2. The number of para-hydroxylation sites is 4. The maximum atomic E-state index is 6.51. The van der Waals surface area contributed by atoms with Gasteiger partial charge in [0.1, 0.15) is 11.3 Å². The molecule has 0 atom stereocenters. The van der Waals surface area contributed by atoms with Gasteiger partial charge in [0.05, 0.1) is 22.4 Å². The molecule has 144 valence electrons. The molecule has 0 saturated heterocycles. The van der Waals surface area contributed by atoms with E-state index in [1.165, 1.54) is 49.6 Å². The fourth-order valence-electron chi connectivity index (χ4n) is 5.27. The summed E-state index contributed by atoms with van der Waals surface area (Å²) in [7, 11) is 0. The Kier molecular flexibility index (Phi) is 2.93. The number of fused-ring (bicyclic) bond motifs is 9. The second-order valence-electron chi connectivity index (χ2n) is 8.40. The molecule has 0 bridgehead atoms. The highest BCUT2D eigenvalue weighted by molar-refractivity contribution is 6.25. The molecule has 0 saturated carbocycles. The van der Waals surface area contributed by atoms with Gasteiger partial charge >= 0.3 is 0 Å². The molecule has 2 aromatic heterocycles. The first-order chi connectivity index (χ1) is 14.7. The fraction of sp³-hybridized carbons (Fsp3) is 0.111. The van der Waals surface area contributed by atoms with Crippen molar-refractivity contribution in [2.75, 3.05) is 4.90 Å². The van der Waals surface area contributed by atoms with Crippen molar-refractivity contribution in [1.82, 2.24) is 4.57 Å². The molecule has 7 rings (SSSR count). The number of furan rings is 1. The van der Waals surface area contributed by atoms with Crippen LogP contribution in [-0.4, -0.2) is 10.6 Å². The third kappa shape index (κ3) is 1.81. The minimum absolute atomic E-state index is 0.292. The number of aromatic nitrogens is 1. The summed E-state index contributed by atoms with van der Waals surface area (Å²) in [5.41, 5.74) is 7.99. The summed E-state index contributed by atoms with van der Waals surface area (Å²) in [5, 5.41) is 4.91. The first-order valence-electron chi connectivity index (χ1n) is 10.5. The topological polar surface area (TPSA) is 21.3 Å². The first-order valence-corrected chi connectivity index (χ1v) is 10.5. The predicted molar refractivity (Wildman–Crippen MR) is 125 cm³/mol. The van der Waals surface area contributed by atoms with E-state index in [0.29, 0.717) is 6.04 Å². The van der Waals surface area contributed by atoms with Crippen molar-refractivity contribution in [2.45, 2.75) is 19.9 Å². The van der Waals surface area contributed by atoms with E-state index in [4.69, 9.17) is 4.42 Å². The number of anilines is 2. The fourth-order valence-corrected chi connectivity index (χ4v) is 5.27. The maximum absolute atomic E-state index is 6.51. The summed E-state index contributed by atoms with van der Waals surface area (Å²) < 4.78 is 8.93. The summed E-state index contributed by atoms with van der Waals surface area (Å²) >= 11 is 0. The molecule has 1 aliphatic rings. The lowest BCUT2D eigenvalue weighted by Crippen LogP contribution is -2.29. The zero-order valence-electron chi connectivity index (χ0n) is 16.9. The van der Waals surface area contributed by atoms with Crippen molar-refractivity contribution in [3.05, 3.63) is 78.9 Å². The Morgan fingerprint density at radius 2 is 1.40 bits per heavy atom. The van der Waals surface area contributed by atoms with Gasteiger partial charge in [0.25, 0.3) is 0 Å². The molecule has 0 spiro atoms. The van der Waals surface area contributed by atoms with E-state index < -0.39 is 0 Å². The number of rotatable bonds is 1. The van der Waals surface area contributed by atoms with E-state index in [0.717, 1.165) is 11.2 Å². The summed E-state index contributed by atoms with van der Waals surface area (Å²) in [6.07, 6.45) is 0. The van der Waals surface area contributed by atoms with Crippen molar-refractivity contribution in [1.29, 1.82) is 0 Å². The highest BCUT2D eigenvalue weighted by atomic mass is 16.3. The molecule has 0 N–H and O–H groups in total. The largest absolute Gasteiger partial charge is 0.454 e. The Morgan fingerprint density at radius 1 is 0.700 bits per heavy atom. The zero-order chi connectivity index (χ0) is 20.0. The molecule has 30 heavy (non-hydrogen) atoms. The smallest absolute Gasteiger partial charge is 0.161 e. The van der Waals surface area contributed by atoms with E-state index >= 15 is 0 Å². The molecular formula is C27H20N2O. The lowest BCUT2D eigenvalue weighted by molar-refractivity contribution is 0.664. The summed E-state index contributed by atoms with van der Waals surface area (Å²) in [4.78, 5) is 2.45. The van der Waals surface area contributed by atoms with Gasteiger partial charge in [0.2, 0.25) is 0 Å². The van der Waals surface area contributed by atoms with Crippen molar-refractivity contribution in [2.24, 2.45) is 0 Å². The van der Waals surface area contributed by atoms with Crippen LogP contribution in [0.5, 0.6) is 0 Å². The van der Waals surface area contributed by atoms with Gasteiger partial charge in [-0.3, -0.25) is 0 Å². The Bertz CT molecular complexity index is 1630. The zero-order valence-corrected chi connectivity index (χ0v) is 16.9. The Morgan fingerprint density at radius 3 is 2.23 bits per heavy atom. The van der Waals surface area contributed by atoms with Crippen LogP contribution in [0.25, 0.3) is 49.4 Å². The van der Waals surface area contributed by atoms with E-state index in [1.807, 2.05) is 6.07 Å². The predicted octanol–water partition coefficient (Wildman–Crippen LogP) is 7.54. The standard InChI is InChI=1S/C27H20N2O/c1-16(2)28-22-12-6-7-13-23(22)29-21-11-5-3-9-17(21)19-15-20-18-10-4-8-14-24(18)30-27(20)26(28)25(19)29/h3-16H,1-2H3. The van der Waals surface area contributed by atoms with Gasteiger partial charge in [-0.15, -0.1) is 0 Å². The van der Waals surface area contributed by atoms with Crippen LogP contribution in [0.4, 0.5) is 11.4 Å². The average molecular weight is 388 g/mol. The quantitative estimate of drug-likeness (QED) is 0.290. The SMILES string of the molecule is CC(C)N1c2ccccc2-n2c3ccccc3c3cc4c(oc5ccccc54)c1c32. The lowest BCUT2D eigenvalue weighted by atomic mass is 10.0. The monoisotopic (exact) mass is 388 g/mol. The average Bonchev–Trinajstić information content (AvgIpc) is 3.31. The van der Waals surface area contributed by atoms with Crippen molar-refractivity contribution < 1.29 is 4.42 Å². The van der Waals surface area contributed by atoms with Crippen molar-refractivity contribution in [3.63, 3.8) is 0 Å². The molecule has 1 aliphatic heterocycles. The molecule has 6 aromatic rings. The summed E-state index contributed by atoms with van der Waals surface area (Å²) in [5.74, 6) is 0. The molecule has 3 nitrogen and oxygen atoms in total. The number of nitrogens with zero attached hydrogens (tertiary/aromatic N) is 2. The number of hydrogen-bond donors (Lipinski definition) is 0. The van der Waals surface area contributed by atoms with Crippen LogP contribution in [-0.2, 0) is 0 Å². The van der Waals surface area contributed by atoms with E-state index in [2.05, 4.69) is 96.1 Å². The molecule has 0 aliphatic carbocycles. The van der Waals surface area contributed by atoms with Gasteiger partial charge in [0, 0.05) is 27.6 Å². The molecule has 0 unspecified atom stereocenters. The molecule has 0 amide bonds. The third-order valence-electron chi connectivity index (χ3n) is 6.42. The van der Waals surface area contributed by atoms with Crippen molar-refractivity contribution >= 4 is 55.1 Å². The minimum Gasteiger partial charge on any atom is -0.454 e. The van der Waals surface area contributed by atoms with Gasteiger partial charge in [-0.25, -0.2) is 0 Å². The number of benzene rings is 4. The van der Waals surface area contributed by atoms with Crippen LogP contribution in [0.15, 0.2) is 83.3 Å². The van der Waals surface area contributed by atoms with Gasteiger partial charge in [-0.1, -0.05) is 48.5 Å². The van der Waals surface area contributed by atoms with E-state index in [1.54, 1.807) is 0 Å².